The van der Waals surface area contributed by atoms with Gasteiger partial charge in [0, 0.05) is 17.6 Å². The molecule has 1 aromatic carbocycles. The van der Waals surface area contributed by atoms with Gasteiger partial charge >= 0.3 is 0 Å². The van der Waals surface area contributed by atoms with Gasteiger partial charge in [0.2, 0.25) is 5.91 Å². The highest BCUT2D eigenvalue weighted by molar-refractivity contribution is 5.92. The first kappa shape index (κ1) is 20.4. The second-order valence-corrected chi connectivity index (χ2v) is 5.91. The van der Waals surface area contributed by atoms with Crippen LogP contribution in [0.5, 0.6) is 0 Å². The predicted octanol–water partition coefficient (Wildman–Crippen LogP) is 2.63. The highest BCUT2D eigenvalue weighted by Gasteiger charge is 2.25. The van der Waals surface area contributed by atoms with Gasteiger partial charge in [0.1, 0.15) is 12.7 Å². The molecule has 3 N–H and O–H groups in total. The summed E-state index contributed by atoms with van der Waals surface area (Å²) in [4.78, 5) is 16.3. The van der Waals surface area contributed by atoms with Crippen molar-refractivity contribution in [1.82, 2.24) is 14.8 Å². The second-order valence-electron chi connectivity index (χ2n) is 5.91. The van der Waals surface area contributed by atoms with E-state index in [1.165, 1.54) is 6.33 Å². The largest absolute Gasteiger partial charge is 0.328 e. The first-order chi connectivity index (χ1) is 10.7. The van der Waals surface area contributed by atoms with Gasteiger partial charge in [-0.15, -0.1) is 24.8 Å². The van der Waals surface area contributed by atoms with Crippen LogP contribution in [-0.2, 0) is 11.3 Å². The third-order valence-electron chi connectivity index (χ3n) is 4.09. The molecule has 2 atom stereocenters. The number of anilines is 1. The molecule has 3 rings (SSSR count). The SMILES string of the molecule is Cl.Cl.NC1CCCC(C(=O)Nc2cccc(Cn3cncn3)c2)C1. The standard InChI is InChI=1S/C16H21N5O.2ClH/c17-14-5-2-4-13(8-14)16(22)20-15-6-1-3-12(7-15)9-21-11-18-10-19-21;;/h1,3,6-7,10-11,13-14H,2,4-5,8-9,17H2,(H,20,22);2*1H. The van der Waals surface area contributed by atoms with Gasteiger partial charge in [0.05, 0.1) is 6.54 Å². The van der Waals surface area contributed by atoms with Crippen LogP contribution < -0.4 is 11.1 Å². The summed E-state index contributed by atoms with van der Waals surface area (Å²) in [5, 5.41) is 7.10. The van der Waals surface area contributed by atoms with Crippen LogP contribution in [0.2, 0.25) is 0 Å². The third-order valence-corrected chi connectivity index (χ3v) is 4.09. The summed E-state index contributed by atoms with van der Waals surface area (Å²) in [7, 11) is 0. The summed E-state index contributed by atoms with van der Waals surface area (Å²) in [6, 6.07) is 7.99. The molecule has 8 heteroatoms. The van der Waals surface area contributed by atoms with E-state index in [0.717, 1.165) is 36.9 Å². The van der Waals surface area contributed by atoms with Gasteiger partial charge in [-0.25, -0.2) is 9.67 Å². The van der Waals surface area contributed by atoms with Crippen molar-refractivity contribution in [1.29, 1.82) is 0 Å². The van der Waals surface area contributed by atoms with E-state index in [1.807, 2.05) is 24.3 Å². The summed E-state index contributed by atoms with van der Waals surface area (Å²) in [5.41, 5.74) is 7.85. The summed E-state index contributed by atoms with van der Waals surface area (Å²) < 4.78 is 1.75. The minimum Gasteiger partial charge on any atom is -0.328 e. The zero-order chi connectivity index (χ0) is 15.4. The van der Waals surface area contributed by atoms with Crippen molar-refractivity contribution >= 4 is 36.4 Å². The van der Waals surface area contributed by atoms with E-state index in [4.69, 9.17) is 5.73 Å². The van der Waals surface area contributed by atoms with Crippen LogP contribution in [0.15, 0.2) is 36.9 Å². The number of hydrogen-bond donors (Lipinski definition) is 2. The maximum absolute atomic E-state index is 12.3. The Bertz CT molecular complexity index is 635. The number of nitrogens with one attached hydrogen (secondary N) is 1. The van der Waals surface area contributed by atoms with E-state index in [9.17, 15) is 4.79 Å². The molecule has 132 valence electrons. The Balaban J connectivity index is 0.00000144. The number of rotatable bonds is 4. The molecule has 0 spiro atoms. The van der Waals surface area contributed by atoms with E-state index in [1.54, 1.807) is 11.0 Å². The summed E-state index contributed by atoms with van der Waals surface area (Å²) in [6.45, 7) is 0.637. The molecule has 0 bridgehead atoms. The Morgan fingerprint density at radius 1 is 1.33 bits per heavy atom. The van der Waals surface area contributed by atoms with Crippen LogP contribution in [0.25, 0.3) is 0 Å². The Hall–Kier alpha value is -1.63. The zero-order valence-corrected chi connectivity index (χ0v) is 14.9. The molecule has 0 saturated heterocycles. The Labute approximate surface area is 154 Å². The fourth-order valence-electron chi connectivity index (χ4n) is 2.96. The molecule has 1 amide bonds. The van der Waals surface area contributed by atoms with E-state index in [0.29, 0.717) is 6.54 Å². The molecule has 2 unspecified atom stereocenters. The number of amides is 1. The molecule has 1 heterocycles. The summed E-state index contributed by atoms with van der Waals surface area (Å²) in [5.74, 6) is 0.107. The van der Waals surface area contributed by atoms with Crippen LogP contribution in [0.4, 0.5) is 5.69 Å². The smallest absolute Gasteiger partial charge is 0.227 e. The first-order valence-electron chi connectivity index (χ1n) is 7.68. The lowest BCUT2D eigenvalue weighted by molar-refractivity contribution is -0.120. The lowest BCUT2D eigenvalue weighted by Crippen LogP contribution is -2.34. The number of halogens is 2. The number of benzene rings is 1. The maximum Gasteiger partial charge on any atom is 0.227 e. The number of aromatic nitrogens is 3. The van der Waals surface area contributed by atoms with Crippen molar-refractivity contribution < 1.29 is 4.79 Å². The van der Waals surface area contributed by atoms with Crippen LogP contribution in [0.1, 0.15) is 31.2 Å². The van der Waals surface area contributed by atoms with Gasteiger partial charge in [0.25, 0.3) is 0 Å². The second kappa shape index (κ2) is 9.61. The van der Waals surface area contributed by atoms with Gasteiger partial charge in [-0.05, 0) is 37.0 Å². The molecular formula is C16H23Cl2N5O. The van der Waals surface area contributed by atoms with Crippen LogP contribution in [-0.4, -0.2) is 26.7 Å². The van der Waals surface area contributed by atoms with Crippen LogP contribution >= 0.6 is 24.8 Å². The monoisotopic (exact) mass is 371 g/mol. The van der Waals surface area contributed by atoms with Crippen molar-refractivity contribution in [3.8, 4) is 0 Å². The van der Waals surface area contributed by atoms with Crippen LogP contribution in [0, 0.1) is 5.92 Å². The van der Waals surface area contributed by atoms with Gasteiger partial charge in [0.15, 0.2) is 0 Å². The normalized spacial score (nSPS) is 19.7. The molecule has 1 fully saturated rings. The lowest BCUT2D eigenvalue weighted by atomic mass is 9.85. The predicted molar refractivity (Wildman–Crippen MR) is 98.6 cm³/mol. The third kappa shape index (κ3) is 5.47. The van der Waals surface area contributed by atoms with Crippen molar-refractivity contribution in [3.05, 3.63) is 42.5 Å². The molecule has 0 aliphatic heterocycles. The van der Waals surface area contributed by atoms with Crippen molar-refractivity contribution in [2.75, 3.05) is 5.32 Å². The van der Waals surface area contributed by atoms with E-state index >= 15 is 0 Å². The minimum atomic E-state index is 0. The molecule has 0 radical (unpaired) electrons. The molecule has 24 heavy (non-hydrogen) atoms. The van der Waals surface area contributed by atoms with Gasteiger partial charge in [-0.1, -0.05) is 18.6 Å². The van der Waals surface area contributed by atoms with Crippen molar-refractivity contribution in [2.24, 2.45) is 11.7 Å². The quantitative estimate of drug-likeness (QED) is 0.864. The number of nitrogens with two attached hydrogens (primary N) is 1. The number of carbonyl (C=O) groups excluding carboxylic acids is 1. The molecule has 2 aromatic rings. The number of carbonyl (C=O) groups is 1. The summed E-state index contributed by atoms with van der Waals surface area (Å²) in [6.07, 6.45) is 6.96. The fraction of sp³-hybridized carbons (Fsp3) is 0.438. The zero-order valence-electron chi connectivity index (χ0n) is 13.3. The molecule has 6 nitrogen and oxygen atoms in total. The van der Waals surface area contributed by atoms with Crippen LogP contribution in [0.3, 0.4) is 0 Å². The average Bonchev–Trinajstić information content (AvgIpc) is 3.00. The van der Waals surface area contributed by atoms with Crippen molar-refractivity contribution in [3.63, 3.8) is 0 Å². The van der Waals surface area contributed by atoms with E-state index in [2.05, 4.69) is 15.4 Å². The molecule has 1 aromatic heterocycles. The van der Waals surface area contributed by atoms with Gasteiger partial charge in [-0.2, -0.15) is 5.10 Å². The average molecular weight is 372 g/mol. The highest BCUT2D eigenvalue weighted by Crippen LogP contribution is 2.24. The minimum absolute atomic E-state index is 0. The molecule has 1 aliphatic carbocycles. The lowest BCUT2D eigenvalue weighted by Gasteiger charge is -2.25. The van der Waals surface area contributed by atoms with Crippen molar-refractivity contribution in [2.45, 2.75) is 38.3 Å². The maximum atomic E-state index is 12.3. The summed E-state index contributed by atoms with van der Waals surface area (Å²) >= 11 is 0. The molecule has 1 saturated carbocycles. The fourth-order valence-corrected chi connectivity index (χ4v) is 2.96. The molecular weight excluding hydrogens is 349 g/mol. The van der Waals surface area contributed by atoms with Gasteiger partial charge in [-0.3, -0.25) is 4.79 Å². The number of nitrogens with zero attached hydrogens (tertiary/aromatic N) is 3. The first-order valence-corrected chi connectivity index (χ1v) is 7.68. The van der Waals surface area contributed by atoms with E-state index < -0.39 is 0 Å². The molecule has 1 aliphatic rings. The highest BCUT2D eigenvalue weighted by atomic mass is 35.5. The topological polar surface area (TPSA) is 85.8 Å². The Morgan fingerprint density at radius 2 is 2.17 bits per heavy atom. The van der Waals surface area contributed by atoms with E-state index in [-0.39, 0.29) is 42.7 Å². The Kier molecular flexibility index (Phi) is 8.18. The Morgan fingerprint density at radius 3 is 2.88 bits per heavy atom. The number of hydrogen-bond acceptors (Lipinski definition) is 4. The van der Waals surface area contributed by atoms with Gasteiger partial charge < -0.3 is 11.1 Å².